The molecular formula is C13H13BrN2O3. The number of fused-ring (bicyclic) bond motifs is 1. The van der Waals surface area contributed by atoms with Crippen molar-refractivity contribution in [1.29, 1.82) is 0 Å². The molecule has 1 amide bonds. The van der Waals surface area contributed by atoms with Crippen molar-refractivity contribution in [2.45, 2.75) is 19.4 Å². The van der Waals surface area contributed by atoms with Gasteiger partial charge in [-0.25, -0.2) is 4.79 Å². The summed E-state index contributed by atoms with van der Waals surface area (Å²) < 4.78 is 0.896. The van der Waals surface area contributed by atoms with Crippen LogP contribution in [0.2, 0.25) is 0 Å². The average Bonchev–Trinajstić information content (AvgIpc) is 2.72. The number of hydrogen-bond acceptors (Lipinski definition) is 2. The second-order valence-electron chi connectivity index (χ2n) is 4.27. The highest BCUT2D eigenvalue weighted by molar-refractivity contribution is 9.10. The fourth-order valence-electron chi connectivity index (χ4n) is 2.03. The number of H-pyrrole nitrogens is 1. The van der Waals surface area contributed by atoms with Crippen molar-refractivity contribution in [2.75, 3.05) is 0 Å². The van der Waals surface area contributed by atoms with Gasteiger partial charge < -0.3 is 15.4 Å². The van der Waals surface area contributed by atoms with Crippen molar-refractivity contribution in [3.63, 3.8) is 0 Å². The summed E-state index contributed by atoms with van der Waals surface area (Å²) in [6.07, 6.45) is 2.00. The maximum atomic E-state index is 11.1. The normalized spacial score (nSPS) is 12.3. The van der Waals surface area contributed by atoms with Gasteiger partial charge in [-0.15, -0.1) is 0 Å². The van der Waals surface area contributed by atoms with Gasteiger partial charge in [-0.2, -0.15) is 0 Å². The zero-order valence-electron chi connectivity index (χ0n) is 10.2. The van der Waals surface area contributed by atoms with Crippen molar-refractivity contribution >= 4 is 38.7 Å². The number of amides is 1. The van der Waals surface area contributed by atoms with Crippen LogP contribution in [-0.2, 0) is 16.0 Å². The molecular weight excluding hydrogens is 312 g/mol. The number of rotatable bonds is 4. The summed E-state index contributed by atoms with van der Waals surface area (Å²) in [5, 5.41) is 12.5. The Balaban J connectivity index is 2.34. The third-order valence-corrected chi connectivity index (χ3v) is 3.50. The van der Waals surface area contributed by atoms with Gasteiger partial charge >= 0.3 is 5.97 Å². The predicted molar refractivity (Wildman–Crippen MR) is 74.9 cm³/mol. The van der Waals surface area contributed by atoms with E-state index in [1.54, 1.807) is 6.20 Å². The summed E-state index contributed by atoms with van der Waals surface area (Å²) >= 11 is 3.45. The molecule has 0 bridgehead atoms. The van der Waals surface area contributed by atoms with Crippen LogP contribution < -0.4 is 5.32 Å². The van der Waals surface area contributed by atoms with Crippen LogP contribution >= 0.6 is 15.9 Å². The van der Waals surface area contributed by atoms with Crippen LogP contribution in [0.5, 0.6) is 0 Å². The molecule has 0 saturated heterocycles. The van der Waals surface area contributed by atoms with Crippen LogP contribution in [0.3, 0.4) is 0 Å². The smallest absolute Gasteiger partial charge is 0.326 e. The van der Waals surface area contributed by atoms with Crippen molar-refractivity contribution in [3.05, 3.63) is 34.4 Å². The molecule has 0 aliphatic heterocycles. The minimum Gasteiger partial charge on any atom is -0.480 e. The second-order valence-corrected chi connectivity index (χ2v) is 5.13. The summed E-state index contributed by atoms with van der Waals surface area (Å²) in [5.41, 5.74) is 1.78. The molecule has 100 valence electrons. The lowest BCUT2D eigenvalue weighted by Gasteiger charge is -2.12. The quantitative estimate of drug-likeness (QED) is 0.805. The van der Waals surface area contributed by atoms with E-state index in [0.717, 1.165) is 20.9 Å². The summed E-state index contributed by atoms with van der Waals surface area (Å²) in [6, 6.07) is 4.78. The zero-order chi connectivity index (χ0) is 14.0. The van der Waals surface area contributed by atoms with Gasteiger partial charge in [0.1, 0.15) is 6.04 Å². The molecule has 0 radical (unpaired) electrons. The molecule has 1 aromatic carbocycles. The van der Waals surface area contributed by atoms with Crippen LogP contribution in [-0.4, -0.2) is 28.0 Å². The molecule has 6 heteroatoms. The topological polar surface area (TPSA) is 82.2 Å². The van der Waals surface area contributed by atoms with Crippen LogP contribution in [0.25, 0.3) is 10.9 Å². The minimum atomic E-state index is -1.04. The van der Waals surface area contributed by atoms with Gasteiger partial charge in [0.2, 0.25) is 5.91 Å². The second kappa shape index (κ2) is 5.44. The Morgan fingerprint density at radius 1 is 1.47 bits per heavy atom. The first-order valence-corrected chi connectivity index (χ1v) is 6.52. The SMILES string of the molecule is CC(=O)N[C@@H](Cc1c[nH]c2cccc(Br)c12)C(=O)O. The molecule has 1 aromatic heterocycles. The van der Waals surface area contributed by atoms with Gasteiger partial charge in [-0.1, -0.05) is 22.0 Å². The third-order valence-electron chi connectivity index (χ3n) is 2.84. The van der Waals surface area contributed by atoms with Gasteiger partial charge in [0.15, 0.2) is 0 Å². The molecule has 0 saturated carbocycles. The number of nitrogens with one attached hydrogen (secondary N) is 2. The first kappa shape index (κ1) is 13.6. The van der Waals surface area contributed by atoms with Crippen molar-refractivity contribution < 1.29 is 14.7 Å². The lowest BCUT2D eigenvalue weighted by Crippen LogP contribution is -2.41. The van der Waals surface area contributed by atoms with Crippen LogP contribution in [0.15, 0.2) is 28.9 Å². The maximum absolute atomic E-state index is 11.1. The highest BCUT2D eigenvalue weighted by atomic mass is 79.9. The number of aromatic amines is 1. The number of benzene rings is 1. The molecule has 19 heavy (non-hydrogen) atoms. The van der Waals surface area contributed by atoms with Gasteiger partial charge in [-0.05, 0) is 17.7 Å². The predicted octanol–water partition coefficient (Wildman–Crippen LogP) is 2.06. The van der Waals surface area contributed by atoms with E-state index in [-0.39, 0.29) is 12.3 Å². The van der Waals surface area contributed by atoms with E-state index in [1.165, 1.54) is 6.92 Å². The van der Waals surface area contributed by atoms with Gasteiger partial charge in [0.25, 0.3) is 0 Å². The van der Waals surface area contributed by atoms with Crippen LogP contribution in [0, 0.1) is 0 Å². The van der Waals surface area contributed by atoms with E-state index in [4.69, 9.17) is 5.11 Å². The summed E-state index contributed by atoms with van der Waals surface area (Å²) in [5.74, 6) is -1.40. The van der Waals surface area contributed by atoms with E-state index < -0.39 is 12.0 Å². The summed E-state index contributed by atoms with van der Waals surface area (Å²) in [7, 11) is 0. The molecule has 2 rings (SSSR count). The minimum absolute atomic E-state index is 0.234. The summed E-state index contributed by atoms with van der Waals surface area (Å²) in [6.45, 7) is 1.31. The molecule has 2 aromatic rings. The number of aromatic nitrogens is 1. The molecule has 0 spiro atoms. The van der Waals surface area contributed by atoms with E-state index in [9.17, 15) is 9.59 Å². The molecule has 1 heterocycles. The standard InChI is InChI=1S/C13H13BrN2O3/c1-7(17)16-11(13(18)19)5-8-6-15-10-4-2-3-9(14)12(8)10/h2-4,6,11,15H,5H2,1H3,(H,16,17)(H,18,19)/t11-/m0/s1. The van der Waals surface area contributed by atoms with Gasteiger partial charge in [-0.3, -0.25) is 4.79 Å². The fraction of sp³-hybridized carbons (Fsp3) is 0.231. The molecule has 0 aliphatic carbocycles. The van der Waals surface area contributed by atoms with E-state index in [2.05, 4.69) is 26.2 Å². The number of carbonyl (C=O) groups is 2. The lowest BCUT2D eigenvalue weighted by molar-refractivity contribution is -0.141. The molecule has 5 nitrogen and oxygen atoms in total. The molecule has 3 N–H and O–H groups in total. The van der Waals surface area contributed by atoms with Gasteiger partial charge in [0, 0.05) is 34.9 Å². The first-order chi connectivity index (χ1) is 8.99. The molecule has 0 unspecified atom stereocenters. The highest BCUT2D eigenvalue weighted by Gasteiger charge is 2.21. The lowest BCUT2D eigenvalue weighted by atomic mass is 10.1. The Morgan fingerprint density at radius 3 is 2.84 bits per heavy atom. The Hall–Kier alpha value is -1.82. The Kier molecular flexibility index (Phi) is 3.90. The number of carbonyl (C=O) groups excluding carboxylic acids is 1. The third kappa shape index (κ3) is 2.96. The van der Waals surface area contributed by atoms with Crippen LogP contribution in [0.4, 0.5) is 0 Å². The molecule has 0 aliphatic rings. The number of hydrogen-bond donors (Lipinski definition) is 3. The highest BCUT2D eigenvalue weighted by Crippen LogP contribution is 2.27. The Labute approximate surface area is 118 Å². The fourth-order valence-corrected chi connectivity index (χ4v) is 2.65. The summed E-state index contributed by atoms with van der Waals surface area (Å²) in [4.78, 5) is 25.3. The van der Waals surface area contributed by atoms with E-state index in [1.807, 2.05) is 18.2 Å². The van der Waals surface area contributed by atoms with Gasteiger partial charge in [0.05, 0.1) is 0 Å². The first-order valence-electron chi connectivity index (χ1n) is 5.73. The monoisotopic (exact) mass is 324 g/mol. The van der Waals surface area contributed by atoms with E-state index in [0.29, 0.717) is 0 Å². The van der Waals surface area contributed by atoms with Crippen LogP contribution in [0.1, 0.15) is 12.5 Å². The van der Waals surface area contributed by atoms with Crippen molar-refractivity contribution in [1.82, 2.24) is 10.3 Å². The number of carboxylic acid groups (broad SMARTS) is 1. The zero-order valence-corrected chi connectivity index (χ0v) is 11.8. The largest absolute Gasteiger partial charge is 0.480 e. The maximum Gasteiger partial charge on any atom is 0.326 e. The Bertz CT molecular complexity index is 636. The van der Waals surface area contributed by atoms with E-state index >= 15 is 0 Å². The number of aliphatic carboxylic acids is 1. The van der Waals surface area contributed by atoms with Crippen molar-refractivity contribution in [2.24, 2.45) is 0 Å². The molecule has 1 atom stereocenters. The van der Waals surface area contributed by atoms with Crippen molar-refractivity contribution in [3.8, 4) is 0 Å². The number of carboxylic acids is 1. The Morgan fingerprint density at radius 2 is 2.21 bits per heavy atom. The number of halogens is 1. The molecule has 0 fully saturated rings. The average molecular weight is 325 g/mol.